The highest BCUT2D eigenvalue weighted by molar-refractivity contribution is 5.79. The lowest BCUT2D eigenvalue weighted by atomic mass is 9.97. The number of H-pyrrole nitrogens is 1. The number of nitrogens with one attached hydrogen (secondary N) is 3. The normalized spacial score (nSPS) is 16.2. The zero-order valence-corrected chi connectivity index (χ0v) is 17.7. The van der Waals surface area contributed by atoms with Gasteiger partial charge in [-0.25, -0.2) is 4.98 Å². The van der Waals surface area contributed by atoms with Crippen LogP contribution in [0.1, 0.15) is 42.5 Å². The summed E-state index contributed by atoms with van der Waals surface area (Å²) in [6.45, 7) is 3.45. The Bertz CT molecular complexity index is 1090. The molecule has 1 aliphatic carbocycles. The zero-order valence-electron chi connectivity index (χ0n) is 17.7. The van der Waals surface area contributed by atoms with Crippen LogP contribution in [0.25, 0.3) is 0 Å². The van der Waals surface area contributed by atoms with Gasteiger partial charge < -0.3 is 15.5 Å². The van der Waals surface area contributed by atoms with Gasteiger partial charge in [0.25, 0.3) is 0 Å². The van der Waals surface area contributed by atoms with Gasteiger partial charge in [-0.2, -0.15) is 5.10 Å². The van der Waals surface area contributed by atoms with E-state index in [9.17, 15) is 4.79 Å². The maximum absolute atomic E-state index is 12.9. The van der Waals surface area contributed by atoms with Crippen LogP contribution in [0.5, 0.6) is 0 Å². The minimum Gasteiger partial charge on any atom is -0.339 e. The fraction of sp³-hybridized carbons (Fsp3) is 0.391. The van der Waals surface area contributed by atoms with Gasteiger partial charge in [0.15, 0.2) is 17.5 Å². The molecule has 0 bridgehead atoms. The number of anilines is 4. The first-order valence-electron chi connectivity index (χ1n) is 10.9. The number of carbonyl (C=O) groups excluding carboxylic acids is 1. The molecule has 31 heavy (non-hydrogen) atoms. The van der Waals surface area contributed by atoms with E-state index in [1.54, 1.807) is 12.4 Å². The molecule has 0 saturated heterocycles. The second kappa shape index (κ2) is 8.37. The molecule has 3 N–H and O–H groups in total. The fourth-order valence-corrected chi connectivity index (χ4v) is 4.50. The molecular formula is C23H27N7O. The Morgan fingerprint density at radius 3 is 2.65 bits per heavy atom. The monoisotopic (exact) mass is 417 g/mol. The van der Waals surface area contributed by atoms with Gasteiger partial charge in [-0.1, -0.05) is 18.9 Å². The molecule has 3 aromatic rings. The average Bonchev–Trinajstić information content (AvgIpc) is 3.45. The van der Waals surface area contributed by atoms with Gasteiger partial charge >= 0.3 is 0 Å². The largest absolute Gasteiger partial charge is 0.339 e. The number of fused-ring (bicyclic) bond motifs is 1. The number of rotatable bonds is 5. The highest BCUT2D eigenvalue weighted by Gasteiger charge is 2.29. The first-order valence-corrected chi connectivity index (χ1v) is 10.9. The first kappa shape index (κ1) is 19.5. The Kier molecular flexibility index (Phi) is 5.28. The first-order chi connectivity index (χ1) is 15.1. The maximum atomic E-state index is 12.9. The summed E-state index contributed by atoms with van der Waals surface area (Å²) < 4.78 is 0. The highest BCUT2D eigenvalue weighted by Crippen LogP contribution is 2.30. The standard InChI is InChI=1S/C23H27N7O/c1-15-10-20(29-28-15)26-22-13-24-12-21(27-22)25-19-7-6-16-8-9-30(14-18(16)11-19)23(31)17-4-2-3-5-17/h6-7,10-13,17H,2-5,8-9,14H2,1H3,(H3,25,26,27,28,29). The molecule has 0 unspecified atom stereocenters. The summed E-state index contributed by atoms with van der Waals surface area (Å²) in [4.78, 5) is 23.7. The summed E-state index contributed by atoms with van der Waals surface area (Å²) in [7, 11) is 0. The number of hydrogen-bond acceptors (Lipinski definition) is 6. The van der Waals surface area contributed by atoms with Crippen LogP contribution in [0, 0.1) is 12.8 Å². The molecule has 2 aromatic heterocycles. The Labute approximate surface area is 181 Å². The molecule has 5 rings (SSSR count). The van der Waals surface area contributed by atoms with Crippen LogP contribution in [0.2, 0.25) is 0 Å². The molecular weight excluding hydrogens is 390 g/mol. The van der Waals surface area contributed by atoms with Crippen molar-refractivity contribution in [1.29, 1.82) is 0 Å². The fourth-order valence-electron chi connectivity index (χ4n) is 4.50. The molecule has 0 spiro atoms. The van der Waals surface area contributed by atoms with Crippen molar-refractivity contribution >= 4 is 29.0 Å². The van der Waals surface area contributed by atoms with Gasteiger partial charge in [-0.05, 0) is 49.4 Å². The van der Waals surface area contributed by atoms with Crippen molar-refractivity contribution in [3.63, 3.8) is 0 Å². The number of nitrogens with zero attached hydrogens (tertiary/aromatic N) is 4. The Hall–Kier alpha value is -3.42. The van der Waals surface area contributed by atoms with Gasteiger partial charge in [0.1, 0.15) is 0 Å². The van der Waals surface area contributed by atoms with Gasteiger partial charge in [0.2, 0.25) is 5.91 Å². The van der Waals surface area contributed by atoms with E-state index in [1.165, 1.54) is 24.0 Å². The maximum Gasteiger partial charge on any atom is 0.225 e. The summed E-state index contributed by atoms with van der Waals surface area (Å²) in [5, 5.41) is 13.5. The van der Waals surface area contributed by atoms with E-state index in [1.807, 2.05) is 17.9 Å². The summed E-state index contributed by atoms with van der Waals surface area (Å²) in [5.41, 5.74) is 4.43. The molecule has 160 valence electrons. The van der Waals surface area contributed by atoms with E-state index in [-0.39, 0.29) is 5.92 Å². The van der Waals surface area contributed by atoms with Gasteiger partial charge in [-0.15, -0.1) is 0 Å². The van der Waals surface area contributed by atoms with Crippen LogP contribution >= 0.6 is 0 Å². The lowest BCUT2D eigenvalue weighted by Gasteiger charge is -2.31. The van der Waals surface area contributed by atoms with E-state index < -0.39 is 0 Å². The molecule has 1 amide bonds. The number of aryl methyl sites for hydroxylation is 1. The number of hydrogen-bond donors (Lipinski definition) is 3. The van der Waals surface area contributed by atoms with Crippen LogP contribution in [0.3, 0.4) is 0 Å². The van der Waals surface area contributed by atoms with E-state index in [2.05, 4.69) is 49.0 Å². The van der Waals surface area contributed by atoms with Crippen molar-refractivity contribution in [1.82, 2.24) is 25.1 Å². The smallest absolute Gasteiger partial charge is 0.225 e. The minimum atomic E-state index is 0.228. The Morgan fingerprint density at radius 1 is 1.06 bits per heavy atom. The van der Waals surface area contributed by atoms with Crippen molar-refractivity contribution in [2.75, 3.05) is 17.2 Å². The van der Waals surface area contributed by atoms with E-state index >= 15 is 0 Å². The van der Waals surface area contributed by atoms with Crippen LogP contribution in [0.15, 0.2) is 36.7 Å². The van der Waals surface area contributed by atoms with Crippen molar-refractivity contribution in [3.05, 3.63) is 53.5 Å². The average molecular weight is 418 g/mol. The summed E-state index contributed by atoms with van der Waals surface area (Å²) in [5.74, 6) is 2.52. The number of benzene rings is 1. The molecule has 1 aromatic carbocycles. The third-order valence-corrected chi connectivity index (χ3v) is 6.10. The third kappa shape index (κ3) is 4.38. The lowest BCUT2D eigenvalue weighted by Crippen LogP contribution is -2.39. The van der Waals surface area contributed by atoms with Crippen LogP contribution in [0.4, 0.5) is 23.1 Å². The number of aromatic nitrogens is 4. The Morgan fingerprint density at radius 2 is 1.87 bits per heavy atom. The van der Waals surface area contributed by atoms with Crippen molar-refractivity contribution in [2.24, 2.45) is 5.92 Å². The second-order valence-corrected chi connectivity index (χ2v) is 8.45. The number of amides is 1. The predicted molar refractivity (Wildman–Crippen MR) is 119 cm³/mol. The molecule has 2 aliphatic rings. The molecule has 1 saturated carbocycles. The molecule has 0 radical (unpaired) electrons. The molecule has 8 heteroatoms. The molecule has 8 nitrogen and oxygen atoms in total. The van der Waals surface area contributed by atoms with Crippen LogP contribution in [-0.4, -0.2) is 37.5 Å². The van der Waals surface area contributed by atoms with E-state index in [0.29, 0.717) is 29.9 Å². The Balaban J connectivity index is 1.28. The van der Waals surface area contributed by atoms with Gasteiger partial charge in [0, 0.05) is 36.5 Å². The quantitative estimate of drug-likeness (QED) is 0.579. The number of aromatic amines is 1. The molecule has 1 aliphatic heterocycles. The second-order valence-electron chi connectivity index (χ2n) is 8.45. The molecule has 1 fully saturated rings. The van der Waals surface area contributed by atoms with Crippen LogP contribution in [-0.2, 0) is 17.8 Å². The summed E-state index contributed by atoms with van der Waals surface area (Å²) in [6, 6.07) is 8.25. The summed E-state index contributed by atoms with van der Waals surface area (Å²) >= 11 is 0. The molecule has 3 heterocycles. The van der Waals surface area contributed by atoms with Gasteiger partial charge in [0.05, 0.1) is 12.4 Å². The van der Waals surface area contributed by atoms with Crippen LogP contribution < -0.4 is 10.6 Å². The van der Waals surface area contributed by atoms with Crippen molar-refractivity contribution < 1.29 is 4.79 Å². The topological polar surface area (TPSA) is 98.8 Å². The predicted octanol–water partition coefficient (Wildman–Crippen LogP) is 4.07. The summed E-state index contributed by atoms with van der Waals surface area (Å²) in [6.07, 6.45) is 8.73. The SMILES string of the molecule is Cc1cc(Nc2cncc(Nc3ccc4c(c3)CN(C(=O)C3CCCC3)CC4)n2)n[nH]1. The third-order valence-electron chi connectivity index (χ3n) is 6.10. The van der Waals surface area contributed by atoms with E-state index in [0.717, 1.165) is 37.2 Å². The van der Waals surface area contributed by atoms with Crippen molar-refractivity contribution in [3.8, 4) is 0 Å². The van der Waals surface area contributed by atoms with E-state index in [4.69, 9.17) is 0 Å². The number of carbonyl (C=O) groups is 1. The zero-order chi connectivity index (χ0) is 21.2. The highest BCUT2D eigenvalue weighted by atomic mass is 16.2. The van der Waals surface area contributed by atoms with Crippen molar-refractivity contribution in [2.45, 2.75) is 45.6 Å². The molecule has 0 atom stereocenters. The van der Waals surface area contributed by atoms with Gasteiger partial charge in [-0.3, -0.25) is 14.9 Å². The minimum absolute atomic E-state index is 0.228. The lowest BCUT2D eigenvalue weighted by molar-refractivity contribution is -0.136.